The van der Waals surface area contributed by atoms with E-state index in [4.69, 9.17) is 0 Å². The summed E-state index contributed by atoms with van der Waals surface area (Å²) in [5, 5.41) is 0.792. The monoisotopic (exact) mass is 255 g/mol. The first kappa shape index (κ1) is 10.6. The van der Waals surface area contributed by atoms with Crippen molar-refractivity contribution in [3.05, 3.63) is 0 Å². The second-order valence-corrected chi connectivity index (χ2v) is 3.39. The molecule has 0 unspecified atom stereocenters. The van der Waals surface area contributed by atoms with Gasteiger partial charge in [-0.25, -0.2) is 0 Å². The van der Waals surface area contributed by atoms with Crippen molar-refractivity contribution in [1.29, 1.82) is 0 Å². The van der Waals surface area contributed by atoms with Gasteiger partial charge in [0.05, 0.1) is 0 Å². The average molecular weight is 257 g/mol. The van der Waals surface area contributed by atoms with Gasteiger partial charge in [0.2, 0.25) is 0 Å². The van der Waals surface area contributed by atoms with Gasteiger partial charge in [0.15, 0.2) is 0 Å². The standard InChI is InChI=1S/C6H10NO.BrH.Zn/c1-6(8)7-4-2-3-5-7;;/h1-5H2;1H;/q;;+1/p-1. The van der Waals surface area contributed by atoms with Gasteiger partial charge in [-0.3, -0.25) is 0 Å². The van der Waals surface area contributed by atoms with Crippen molar-refractivity contribution in [2.45, 2.75) is 17.9 Å². The van der Waals surface area contributed by atoms with E-state index in [1.54, 1.807) is 0 Å². The molecule has 1 rings (SSSR count). The Labute approximate surface area is 81.8 Å². The minimum Gasteiger partial charge on any atom is -1.00 e. The first-order chi connectivity index (χ1) is 4.34. The van der Waals surface area contributed by atoms with E-state index in [1.807, 2.05) is 4.90 Å². The molecule has 1 aliphatic heterocycles. The number of rotatable bonds is 1. The van der Waals surface area contributed by atoms with E-state index in [0.29, 0.717) is 5.91 Å². The molecular formula is C6H10BrNOZn. The molecule has 0 aromatic rings. The number of carbonyl (C=O) groups excluding carboxylic acids is 1. The van der Waals surface area contributed by atoms with Gasteiger partial charge in [-0.15, -0.1) is 0 Å². The van der Waals surface area contributed by atoms with Gasteiger partial charge >= 0.3 is 64.9 Å². The molecule has 54 valence electrons. The van der Waals surface area contributed by atoms with E-state index < -0.39 is 0 Å². The zero-order valence-corrected chi connectivity index (χ0v) is 10.5. The quantitative estimate of drug-likeness (QED) is 0.479. The predicted molar refractivity (Wildman–Crippen MR) is 30.6 cm³/mol. The summed E-state index contributed by atoms with van der Waals surface area (Å²) in [7, 11) is 0. The summed E-state index contributed by atoms with van der Waals surface area (Å²) in [5.41, 5.74) is 0. The molecule has 1 saturated heterocycles. The molecule has 1 fully saturated rings. The van der Waals surface area contributed by atoms with Crippen LogP contribution in [0.15, 0.2) is 0 Å². The second kappa shape index (κ2) is 5.25. The van der Waals surface area contributed by atoms with Crippen molar-refractivity contribution >= 4 is 5.91 Å². The molecule has 4 heteroatoms. The van der Waals surface area contributed by atoms with Crippen molar-refractivity contribution in [1.82, 2.24) is 4.90 Å². The fraction of sp³-hybridized carbons (Fsp3) is 0.833. The molecule has 1 aliphatic rings. The van der Waals surface area contributed by atoms with Crippen LogP contribution >= 0.6 is 0 Å². The van der Waals surface area contributed by atoms with E-state index in [-0.39, 0.29) is 17.0 Å². The third-order valence-corrected chi connectivity index (χ3v) is 2.57. The summed E-state index contributed by atoms with van der Waals surface area (Å²) in [4.78, 5) is 12.9. The fourth-order valence-electron chi connectivity index (χ4n) is 1.12. The van der Waals surface area contributed by atoms with Crippen LogP contribution in [-0.4, -0.2) is 23.9 Å². The van der Waals surface area contributed by atoms with Gasteiger partial charge < -0.3 is 17.0 Å². The van der Waals surface area contributed by atoms with Crippen LogP contribution in [0.1, 0.15) is 12.8 Å². The Morgan fingerprint density at radius 1 is 1.40 bits per heavy atom. The minimum absolute atomic E-state index is 0. The summed E-state index contributed by atoms with van der Waals surface area (Å²) in [6.45, 7) is 2.03. The number of hydrogen-bond donors (Lipinski definition) is 0. The van der Waals surface area contributed by atoms with Crippen LogP contribution < -0.4 is 17.0 Å². The van der Waals surface area contributed by atoms with E-state index >= 15 is 0 Å². The number of nitrogens with zero attached hydrogens (tertiary/aromatic N) is 1. The maximum atomic E-state index is 11.0. The summed E-state index contributed by atoms with van der Waals surface area (Å²) < 4.78 is 0. The Bertz CT molecular complexity index is 114. The number of likely N-dealkylation sites (tertiary alicyclic amines) is 1. The van der Waals surface area contributed by atoms with Gasteiger partial charge in [-0.05, 0) is 0 Å². The zero-order valence-electron chi connectivity index (χ0n) is 5.98. The number of amides is 1. The normalized spacial score (nSPS) is 16.8. The van der Waals surface area contributed by atoms with E-state index in [0.717, 1.165) is 36.4 Å². The third-order valence-electron chi connectivity index (χ3n) is 1.67. The Balaban J connectivity index is 0.000000810. The molecule has 2 nitrogen and oxygen atoms in total. The number of carbonyl (C=O) groups is 1. The molecule has 0 aliphatic carbocycles. The summed E-state index contributed by atoms with van der Waals surface area (Å²) >= 11 is 1.11. The van der Waals surface area contributed by atoms with Crippen LogP contribution in [0.25, 0.3) is 0 Å². The van der Waals surface area contributed by atoms with Crippen molar-refractivity contribution < 1.29 is 40.1 Å². The molecule has 1 heterocycles. The molecule has 0 radical (unpaired) electrons. The molecule has 0 aromatic carbocycles. The SMILES string of the molecule is O=C([CH2][Zn+])N1CCCC1.[Br-]. The maximum Gasteiger partial charge on any atom is -1.00 e. The van der Waals surface area contributed by atoms with Crippen LogP contribution in [0.4, 0.5) is 0 Å². The van der Waals surface area contributed by atoms with E-state index in [1.165, 1.54) is 12.8 Å². The molecule has 0 aromatic heterocycles. The smallest absolute Gasteiger partial charge is 1.00 e. The number of halogens is 1. The van der Waals surface area contributed by atoms with Crippen LogP contribution in [0, 0.1) is 0 Å². The van der Waals surface area contributed by atoms with Crippen molar-refractivity contribution in [3.63, 3.8) is 0 Å². The van der Waals surface area contributed by atoms with E-state index in [2.05, 4.69) is 0 Å². The fourth-order valence-corrected chi connectivity index (χ4v) is 1.79. The van der Waals surface area contributed by atoms with Gasteiger partial charge in [0, 0.05) is 0 Å². The minimum atomic E-state index is 0. The van der Waals surface area contributed by atoms with Crippen molar-refractivity contribution in [3.8, 4) is 0 Å². The largest absolute Gasteiger partial charge is 1.00 e. The Morgan fingerprint density at radius 2 is 1.90 bits per heavy atom. The molecule has 0 N–H and O–H groups in total. The first-order valence-electron chi connectivity index (χ1n) is 3.41. The maximum absolute atomic E-state index is 11.0. The Morgan fingerprint density at radius 3 is 2.30 bits per heavy atom. The molecular weight excluding hydrogens is 247 g/mol. The summed E-state index contributed by atoms with van der Waals surface area (Å²) in [6, 6.07) is 0. The Hall–Kier alpha value is 0.573. The number of hydrogen-bond acceptors (Lipinski definition) is 1. The predicted octanol–water partition coefficient (Wildman–Crippen LogP) is -2.42. The van der Waals surface area contributed by atoms with Gasteiger partial charge in [-0.2, -0.15) is 0 Å². The van der Waals surface area contributed by atoms with Crippen molar-refractivity contribution in [2.75, 3.05) is 13.1 Å². The molecule has 0 spiro atoms. The Kier molecular flexibility index (Phi) is 5.55. The third kappa shape index (κ3) is 2.67. The average Bonchev–Trinajstić information content (AvgIpc) is 2.37. The van der Waals surface area contributed by atoms with Gasteiger partial charge in [-0.1, -0.05) is 0 Å². The van der Waals surface area contributed by atoms with Crippen LogP contribution in [0.5, 0.6) is 0 Å². The van der Waals surface area contributed by atoms with Crippen LogP contribution in [0.3, 0.4) is 0 Å². The molecule has 10 heavy (non-hydrogen) atoms. The topological polar surface area (TPSA) is 20.3 Å². The van der Waals surface area contributed by atoms with Crippen LogP contribution in [-0.2, 0) is 23.1 Å². The van der Waals surface area contributed by atoms with E-state index in [9.17, 15) is 4.79 Å². The summed E-state index contributed by atoms with van der Waals surface area (Å²) in [6.07, 6.45) is 2.43. The summed E-state index contributed by atoms with van der Waals surface area (Å²) in [5.74, 6) is 0.368. The van der Waals surface area contributed by atoms with Gasteiger partial charge in [0.1, 0.15) is 0 Å². The van der Waals surface area contributed by atoms with Crippen LogP contribution in [0.2, 0.25) is 5.02 Å². The zero-order chi connectivity index (χ0) is 6.69. The molecule has 0 bridgehead atoms. The molecule has 1 amide bonds. The first-order valence-corrected chi connectivity index (χ1v) is 5.51. The second-order valence-electron chi connectivity index (χ2n) is 2.34. The molecule has 0 atom stereocenters. The van der Waals surface area contributed by atoms with Gasteiger partial charge in [0.25, 0.3) is 0 Å². The molecule has 0 saturated carbocycles. The van der Waals surface area contributed by atoms with Crippen molar-refractivity contribution in [2.24, 2.45) is 0 Å².